The molecule has 3 heteroatoms. The van der Waals surface area contributed by atoms with Gasteiger partial charge in [0.1, 0.15) is 5.69 Å². The molecule has 2 aliphatic carbocycles. The fraction of sp³-hybridized carbons (Fsp3) is 0.238. The van der Waals surface area contributed by atoms with Crippen molar-refractivity contribution in [1.29, 1.82) is 0 Å². The molecule has 1 aromatic heterocycles. The van der Waals surface area contributed by atoms with Crippen LogP contribution in [0.1, 0.15) is 56.1 Å². The Labute approximate surface area is 139 Å². The van der Waals surface area contributed by atoms with E-state index in [1.807, 2.05) is 48.0 Å². The number of benzene rings is 2. The SMILES string of the molecule is Cn1c2c(c3c1C(=O)c1cc4ccccc4cc1C3=O)CCCC2. The normalized spacial score (nSPS) is 16.0. The second-order valence-corrected chi connectivity index (χ2v) is 6.82. The van der Waals surface area contributed by atoms with Crippen molar-refractivity contribution in [1.82, 2.24) is 4.57 Å². The van der Waals surface area contributed by atoms with Crippen molar-refractivity contribution in [2.24, 2.45) is 7.05 Å². The summed E-state index contributed by atoms with van der Waals surface area (Å²) in [4.78, 5) is 26.4. The van der Waals surface area contributed by atoms with E-state index in [9.17, 15) is 9.59 Å². The standard InChI is InChI=1S/C21H17NO2/c1-22-17-9-5-4-8-14(17)18-19(22)21(24)16-11-13-7-3-2-6-12(13)10-15(16)20(18)23/h2-3,6-7,10-11H,4-5,8-9H2,1H3. The lowest BCUT2D eigenvalue weighted by Crippen LogP contribution is -2.22. The molecule has 0 atom stereocenters. The van der Waals surface area contributed by atoms with Gasteiger partial charge in [-0.15, -0.1) is 0 Å². The van der Waals surface area contributed by atoms with Crippen LogP contribution in [0.4, 0.5) is 0 Å². The molecule has 0 saturated heterocycles. The van der Waals surface area contributed by atoms with Gasteiger partial charge in [0.05, 0.1) is 5.56 Å². The van der Waals surface area contributed by atoms with E-state index in [2.05, 4.69) is 0 Å². The minimum absolute atomic E-state index is 0.0118. The van der Waals surface area contributed by atoms with Gasteiger partial charge in [0.15, 0.2) is 5.78 Å². The van der Waals surface area contributed by atoms with E-state index >= 15 is 0 Å². The highest BCUT2D eigenvalue weighted by Crippen LogP contribution is 2.37. The average molecular weight is 315 g/mol. The van der Waals surface area contributed by atoms with Crippen LogP contribution in [0.2, 0.25) is 0 Å². The van der Waals surface area contributed by atoms with E-state index in [-0.39, 0.29) is 11.6 Å². The third kappa shape index (κ3) is 1.62. The van der Waals surface area contributed by atoms with Gasteiger partial charge in [0.2, 0.25) is 5.78 Å². The Morgan fingerprint density at radius 3 is 2.21 bits per heavy atom. The molecular weight excluding hydrogens is 298 g/mol. The first-order chi connectivity index (χ1) is 11.7. The third-order valence-corrected chi connectivity index (χ3v) is 5.53. The summed E-state index contributed by atoms with van der Waals surface area (Å²) < 4.78 is 1.97. The molecule has 0 radical (unpaired) electrons. The van der Waals surface area contributed by atoms with Gasteiger partial charge >= 0.3 is 0 Å². The summed E-state index contributed by atoms with van der Waals surface area (Å²) >= 11 is 0. The molecule has 0 saturated carbocycles. The molecule has 5 rings (SSSR count). The molecular formula is C21H17NO2. The Hall–Kier alpha value is -2.68. The van der Waals surface area contributed by atoms with Crippen molar-refractivity contribution in [2.45, 2.75) is 25.7 Å². The third-order valence-electron chi connectivity index (χ3n) is 5.53. The van der Waals surface area contributed by atoms with E-state index in [1.165, 1.54) is 5.69 Å². The van der Waals surface area contributed by atoms with E-state index in [0.717, 1.165) is 42.0 Å². The highest BCUT2D eigenvalue weighted by atomic mass is 16.1. The van der Waals surface area contributed by atoms with Crippen LogP contribution in [0.15, 0.2) is 36.4 Å². The lowest BCUT2D eigenvalue weighted by molar-refractivity contribution is 0.0974. The number of carbonyl (C=O) groups is 2. The van der Waals surface area contributed by atoms with Crippen LogP contribution in [0.3, 0.4) is 0 Å². The number of nitrogens with zero attached hydrogens (tertiary/aromatic N) is 1. The quantitative estimate of drug-likeness (QED) is 0.495. The van der Waals surface area contributed by atoms with Gasteiger partial charge in [0, 0.05) is 23.9 Å². The number of rotatable bonds is 0. The van der Waals surface area contributed by atoms with Crippen LogP contribution in [0, 0.1) is 0 Å². The molecule has 0 amide bonds. The van der Waals surface area contributed by atoms with Gasteiger partial charge in [-0.05, 0) is 54.2 Å². The summed E-state index contributed by atoms with van der Waals surface area (Å²) in [6.07, 6.45) is 4.08. The van der Waals surface area contributed by atoms with Crippen LogP contribution >= 0.6 is 0 Å². The fourth-order valence-electron chi connectivity index (χ4n) is 4.36. The Balaban J connectivity index is 1.84. The zero-order valence-corrected chi connectivity index (χ0v) is 13.6. The lowest BCUT2D eigenvalue weighted by Gasteiger charge is -2.17. The molecule has 0 spiro atoms. The molecule has 0 aliphatic heterocycles. The number of ketones is 2. The molecule has 118 valence electrons. The maximum Gasteiger partial charge on any atom is 0.210 e. The molecule has 2 aliphatic rings. The minimum atomic E-state index is -0.0118. The molecule has 0 N–H and O–H groups in total. The molecule has 1 heterocycles. The van der Waals surface area contributed by atoms with E-state index in [4.69, 9.17) is 0 Å². The maximum atomic E-state index is 13.2. The number of hydrogen-bond donors (Lipinski definition) is 0. The Bertz CT molecular complexity index is 1060. The van der Waals surface area contributed by atoms with Crippen molar-refractivity contribution in [3.63, 3.8) is 0 Å². The summed E-state index contributed by atoms with van der Waals surface area (Å²) in [5.74, 6) is 0.00589. The molecule has 3 aromatic rings. The average Bonchev–Trinajstić information content (AvgIpc) is 2.92. The van der Waals surface area contributed by atoms with Crippen LogP contribution < -0.4 is 0 Å². The highest BCUT2D eigenvalue weighted by molar-refractivity contribution is 6.29. The number of carbonyl (C=O) groups excluding carboxylic acids is 2. The largest absolute Gasteiger partial charge is 0.344 e. The maximum absolute atomic E-state index is 13.2. The van der Waals surface area contributed by atoms with Crippen LogP contribution in [0.5, 0.6) is 0 Å². The first-order valence-corrected chi connectivity index (χ1v) is 8.49. The van der Waals surface area contributed by atoms with Crippen LogP contribution in [-0.4, -0.2) is 16.1 Å². The van der Waals surface area contributed by atoms with E-state index in [1.54, 1.807) is 0 Å². The van der Waals surface area contributed by atoms with Crippen molar-refractivity contribution < 1.29 is 9.59 Å². The Morgan fingerprint density at radius 1 is 0.875 bits per heavy atom. The lowest BCUT2D eigenvalue weighted by atomic mass is 9.83. The van der Waals surface area contributed by atoms with Gasteiger partial charge in [0.25, 0.3) is 0 Å². The van der Waals surface area contributed by atoms with E-state index < -0.39 is 0 Å². The van der Waals surface area contributed by atoms with Gasteiger partial charge in [-0.1, -0.05) is 24.3 Å². The van der Waals surface area contributed by atoms with Gasteiger partial charge in [-0.25, -0.2) is 0 Å². The smallest absolute Gasteiger partial charge is 0.210 e. The summed E-state index contributed by atoms with van der Waals surface area (Å²) in [7, 11) is 1.93. The summed E-state index contributed by atoms with van der Waals surface area (Å²) in [5, 5.41) is 2.01. The topological polar surface area (TPSA) is 39.1 Å². The predicted molar refractivity (Wildman–Crippen MR) is 92.9 cm³/mol. The molecule has 3 nitrogen and oxygen atoms in total. The van der Waals surface area contributed by atoms with Crippen LogP contribution in [0.25, 0.3) is 10.8 Å². The molecule has 0 unspecified atom stereocenters. The second-order valence-electron chi connectivity index (χ2n) is 6.82. The zero-order chi connectivity index (χ0) is 16.4. The first kappa shape index (κ1) is 13.7. The summed E-state index contributed by atoms with van der Waals surface area (Å²) in [6, 6.07) is 11.6. The van der Waals surface area contributed by atoms with Crippen molar-refractivity contribution >= 4 is 22.3 Å². The summed E-state index contributed by atoms with van der Waals surface area (Å²) in [5.41, 5.74) is 4.64. The molecule has 0 fully saturated rings. The fourth-order valence-corrected chi connectivity index (χ4v) is 4.36. The first-order valence-electron chi connectivity index (χ1n) is 8.49. The Kier molecular flexibility index (Phi) is 2.67. The second kappa shape index (κ2) is 4.67. The van der Waals surface area contributed by atoms with E-state index in [0.29, 0.717) is 22.4 Å². The van der Waals surface area contributed by atoms with Gasteiger partial charge < -0.3 is 4.57 Å². The van der Waals surface area contributed by atoms with Crippen molar-refractivity contribution in [3.05, 3.63) is 70.0 Å². The van der Waals surface area contributed by atoms with Gasteiger partial charge in [-0.3, -0.25) is 9.59 Å². The van der Waals surface area contributed by atoms with Gasteiger partial charge in [-0.2, -0.15) is 0 Å². The highest BCUT2D eigenvalue weighted by Gasteiger charge is 2.37. The Morgan fingerprint density at radius 2 is 1.50 bits per heavy atom. The minimum Gasteiger partial charge on any atom is -0.344 e. The van der Waals surface area contributed by atoms with Crippen LogP contribution in [-0.2, 0) is 19.9 Å². The number of hydrogen-bond acceptors (Lipinski definition) is 2. The molecule has 24 heavy (non-hydrogen) atoms. The van der Waals surface area contributed by atoms with Crippen molar-refractivity contribution in [3.8, 4) is 0 Å². The number of fused-ring (bicyclic) bond motifs is 5. The zero-order valence-electron chi connectivity index (χ0n) is 13.6. The number of aromatic nitrogens is 1. The summed E-state index contributed by atoms with van der Waals surface area (Å²) in [6.45, 7) is 0. The molecule has 0 bridgehead atoms. The molecule has 2 aromatic carbocycles. The monoisotopic (exact) mass is 315 g/mol. The van der Waals surface area contributed by atoms with Crippen molar-refractivity contribution in [2.75, 3.05) is 0 Å². The predicted octanol–water partition coefficient (Wildman–Crippen LogP) is 3.83.